The predicted octanol–water partition coefficient (Wildman–Crippen LogP) is 7.82. The monoisotopic (exact) mass is 521 g/mol. The lowest BCUT2D eigenvalue weighted by atomic mass is 9.89. The van der Waals surface area contributed by atoms with Crippen LogP contribution in [0.3, 0.4) is 0 Å². The van der Waals surface area contributed by atoms with Crippen molar-refractivity contribution in [3.63, 3.8) is 0 Å². The first-order valence-electron chi connectivity index (χ1n) is 14.0. The van der Waals surface area contributed by atoms with Gasteiger partial charge in [-0.25, -0.2) is 9.55 Å². The second-order valence-electron chi connectivity index (χ2n) is 11.1. The molecule has 0 saturated heterocycles. The SMILES string of the molecule is Cc1ccc2c(c1-c1n(-c3c(-c4ccccc4)cc(C(C)C)cc3-c3ccccc3)cc[n+]1C)Cc1nccn1-2. The molecule has 0 radical (unpaired) electrons. The molecule has 2 aromatic heterocycles. The molecule has 0 N–H and O–H groups in total. The third kappa shape index (κ3) is 3.83. The molecule has 0 aliphatic carbocycles. The Balaban J connectivity index is 1.57. The highest BCUT2D eigenvalue weighted by atomic mass is 15.1. The second kappa shape index (κ2) is 9.49. The number of nitrogens with zero attached hydrogens (tertiary/aromatic N) is 4. The van der Waals surface area contributed by atoms with Crippen LogP contribution in [0.4, 0.5) is 0 Å². The Morgan fingerprint density at radius 3 is 2.08 bits per heavy atom. The van der Waals surface area contributed by atoms with E-state index < -0.39 is 0 Å². The smallest absolute Gasteiger partial charge is 0.294 e. The summed E-state index contributed by atoms with van der Waals surface area (Å²) in [4.78, 5) is 4.65. The van der Waals surface area contributed by atoms with Gasteiger partial charge in [0.05, 0.1) is 18.3 Å². The Kier molecular flexibility index (Phi) is 5.78. The predicted molar refractivity (Wildman–Crippen MR) is 162 cm³/mol. The molecule has 0 amide bonds. The maximum absolute atomic E-state index is 4.65. The summed E-state index contributed by atoms with van der Waals surface area (Å²) in [6.07, 6.45) is 9.21. The van der Waals surface area contributed by atoms with E-state index in [4.69, 9.17) is 0 Å². The van der Waals surface area contributed by atoms with Crippen molar-refractivity contribution in [3.8, 4) is 45.0 Å². The molecule has 0 atom stereocenters. The van der Waals surface area contributed by atoms with Crippen LogP contribution in [0.25, 0.3) is 45.0 Å². The van der Waals surface area contributed by atoms with Gasteiger partial charge in [0.15, 0.2) is 0 Å². The third-order valence-electron chi connectivity index (χ3n) is 8.24. The van der Waals surface area contributed by atoms with Gasteiger partial charge in [-0.1, -0.05) is 80.6 Å². The van der Waals surface area contributed by atoms with Gasteiger partial charge >= 0.3 is 0 Å². The highest BCUT2D eigenvalue weighted by Gasteiger charge is 2.32. The average Bonchev–Trinajstić information content (AvgIpc) is 3.68. The molecule has 1 aliphatic rings. The van der Waals surface area contributed by atoms with E-state index in [1.807, 2.05) is 6.20 Å². The zero-order valence-corrected chi connectivity index (χ0v) is 23.5. The molecule has 0 bridgehead atoms. The molecule has 40 heavy (non-hydrogen) atoms. The molecule has 0 unspecified atom stereocenters. The lowest BCUT2D eigenvalue weighted by Crippen LogP contribution is -2.30. The van der Waals surface area contributed by atoms with Gasteiger partial charge in [-0.05, 0) is 58.9 Å². The number of hydrogen-bond acceptors (Lipinski definition) is 1. The van der Waals surface area contributed by atoms with Crippen molar-refractivity contribution >= 4 is 0 Å². The lowest BCUT2D eigenvalue weighted by Gasteiger charge is -2.19. The summed E-state index contributed by atoms with van der Waals surface area (Å²) in [5, 5.41) is 0. The summed E-state index contributed by atoms with van der Waals surface area (Å²) in [7, 11) is 2.16. The topological polar surface area (TPSA) is 26.6 Å². The lowest BCUT2D eigenvalue weighted by molar-refractivity contribution is -0.659. The second-order valence-corrected chi connectivity index (χ2v) is 11.1. The molecule has 3 heterocycles. The molecule has 196 valence electrons. The van der Waals surface area contributed by atoms with Crippen molar-refractivity contribution in [2.24, 2.45) is 7.05 Å². The van der Waals surface area contributed by atoms with E-state index in [0.717, 1.165) is 12.2 Å². The summed E-state index contributed by atoms with van der Waals surface area (Å²) in [5.41, 5.74) is 12.5. The van der Waals surface area contributed by atoms with Gasteiger partial charge < -0.3 is 4.57 Å². The number of hydrogen-bond donors (Lipinski definition) is 0. The summed E-state index contributed by atoms with van der Waals surface area (Å²) in [5.74, 6) is 2.67. The maximum Gasteiger partial charge on any atom is 0.294 e. The largest absolute Gasteiger partial charge is 0.303 e. The quantitative estimate of drug-likeness (QED) is 0.212. The normalized spacial score (nSPS) is 12.1. The summed E-state index contributed by atoms with van der Waals surface area (Å²) in [6, 6.07) is 30.9. The van der Waals surface area contributed by atoms with Crippen LogP contribution in [0.15, 0.2) is 110 Å². The van der Waals surface area contributed by atoms with E-state index in [2.05, 4.69) is 150 Å². The molecule has 0 spiro atoms. The molecule has 0 fully saturated rings. The zero-order valence-electron chi connectivity index (χ0n) is 23.5. The van der Waals surface area contributed by atoms with Gasteiger partial charge in [-0.15, -0.1) is 0 Å². The minimum atomic E-state index is 0.404. The summed E-state index contributed by atoms with van der Waals surface area (Å²) < 4.78 is 6.91. The van der Waals surface area contributed by atoms with Crippen LogP contribution in [0.1, 0.15) is 42.3 Å². The van der Waals surface area contributed by atoms with Crippen molar-refractivity contribution in [3.05, 3.63) is 132 Å². The molecular formula is C36H33N4+. The Hall–Kier alpha value is -4.70. The maximum atomic E-state index is 4.65. The first-order chi connectivity index (χ1) is 19.5. The number of imidazole rings is 2. The molecule has 1 aliphatic heterocycles. The van der Waals surface area contributed by atoms with Crippen molar-refractivity contribution in [1.29, 1.82) is 0 Å². The Bertz CT molecular complexity index is 1800. The number of aryl methyl sites for hydroxylation is 2. The van der Waals surface area contributed by atoms with Gasteiger partial charge in [-0.3, -0.25) is 0 Å². The molecule has 4 nitrogen and oxygen atoms in total. The fourth-order valence-corrected chi connectivity index (χ4v) is 6.19. The minimum absolute atomic E-state index is 0.404. The number of benzene rings is 4. The van der Waals surface area contributed by atoms with Gasteiger partial charge in [0.2, 0.25) is 0 Å². The van der Waals surface area contributed by atoms with E-state index in [1.165, 1.54) is 61.7 Å². The Labute approximate surface area is 235 Å². The van der Waals surface area contributed by atoms with Crippen LogP contribution in [-0.2, 0) is 13.5 Å². The van der Waals surface area contributed by atoms with Crippen molar-refractivity contribution in [2.75, 3.05) is 0 Å². The highest BCUT2D eigenvalue weighted by molar-refractivity contribution is 5.88. The third-order valence-corrected chi connectivity index (χ3v) is 8.24. The van der Waals surface area contributed by atoms with E-state index in [0.29, 0.717) is 5.92 Å². The van der Waals surface area contributed by atoms with Crippen molar-refractivity contribution in [2.45, 2.75) is 33.1 Å². The van der Waals surface area contributed by atoms with Crippen LogP contribution < -0.4 is 4.57 Å². The Morgan fingerprint density at radius 1 is 0.800 bits per heavy atom. The summed E-state index contributed by atoms with van der Waals surface area (Å²) >= 11 is 0. The van der Waals surface area contributed by atoms with E-state index in [9.17, 15) is 0 Å². The minimum Gasteiger partial charge on any atom is -0.303 e. The fourth-order valence-electron chi connectivity index (χ4n) is 6.19. The molecule has 7 rings (SSSR count). The number of fused-ring (bicyclic) bond motifs is 3. The average molecular weight is 522 g/mol. The summed E-state index contributed by atoms with van der Waals surface area (Å²) in [6.45, 7) is 6.78. The van der Waals surface area contributed by atoms with Crippen molar-refractivity contribution in [1.82, 2.24) is 14.1 Å². The zero-order chi connectivity index (χ0) is 27.4. The van der Waals surface area contributed by atoms with Crippen LogP contribution in [-0.4, -0.2) is 14.1 Å². The number of rotatable bonds is 5. The molecular weight excluding hydrogens is 488 g/mol. The van der Waals surface area contributed by atoms with Crippen LogP contribution in [0.2, 0.25) is 0 Å². The molecule has 4 aromatic carbocycles. The van der Waals surface area contributed by atoms with E-state index in [1.54, 1.807) is 0 Å². The van der Waals surface area contributed by atoms with Gasteiger partial charge in [0.25, 0.3) is 5.82 Å². The van der Waals surface area contributed by atoms with Gasteiger partial charge in [0, 0.05) is 29.9 Å². The van der Waals surface area contributed by atoms with E-state index in [-0.39, 0.29) is 0 Å². The number of aromatic nitrogens is 4. The van der Waals surface area contributed by atoms with Gasteiger partial charge in [0.1, 0.15) is 23.9 Å². The van der Waals surface area contributed by atoms with Crippen LogP contribution in [0, 0.1) is 6.92 Å². The standard InChI is InChI=1S/C36H33N4/c1-24(2)28-21-29(26-11-7-5-8-12-26)35(30(22-28)27-13-9-6-10-14-27)40-20-19-38(4)36(40)34-25(3)15-16-32-31(34)23-33-37-17-18-39(32)33/h5-22,24H,23H2,1-4H3/q+1. The van der Waals surface area contributed by atoms with Crippen molar-refractivity contribution < 1.29 is 4.57 Å². The highest BCUT2D eigenvalue weighted by Crippen LogP contribution is 2.42. The fraction of sp³-hybridized carbons (Fsp3) is 0.167. The van der Waals surface area contributed by atoms with E-state index >= 15 is 0 Å². The first-order valence-corrected chi connectivity index (χ1v) is 14.0. The Morgan fingerprint density at radius 2 is 1.45 bits per heavy atom. The molecule has 0 saturated carbocycles. The molecule has 6 aromatic rings. The first kappa shape index (κ1) is 24.3. The van der Waals surface area contributed by atoms with Crippen LogP contribution in [0.5, 0.6) is 0 Å². The van der Waals surface area contributed by atoms with Gasteiger partial charge in [-0.2, -0.15) is 4.57 Å². The van der Waals surface area contributed by atoms with Crippen LogP contribution >= 0.6 is 0 Å². The molecule has 4 heteroatoms.